The Morgan fingerprint density at radius 2 is 2.00 bits per heavy atom. The molecule has 0 unspecified atom stereocenters. The Labute approximate surface area is 200 Å². The Balaban J connectivity index is 2.27. The van der Waals surface area contributed by atoms with Gasteiger partial charge in [-0.3, -0.25) is 9.78 Å². The smallest absolute Gasteiger partial charge is 0.347 e. The van der Waals surface area contributed by atoms with E-state index in [0.29, 0.717) is 28.5 Å². The number of benzene rings is 1. The molecule has 0 N–H and O–H groups in total. The topological polar surface area (TPSA) is 70.4 Å². The van der Waals surface area contributed by atoms with Gasteiger partial charge in [-0.1, -0.05) is 31.6 Å². The highest BCUT2D eigenvalue weighted by molar-refractivity contribution is 9.10. The Hall–Kier alpha value is -3.00. The molecule has 0 bridgehead atoms. The molecule has 1 aromatic carbocycles. The molecule has 33 heavy (non-hydrogen) atoms. The molecule has 0 aliphatic heterocycles. The third kappa shape index (κ3) is 5.33. The van der Waals surface area contributed by atoms with Gasteiger partial charge in [-0.05, 0) is 52.5 Å². The summed E-state index contributed by atoms with van der Waals surface area (Å²) in [5, 5.41) is 0. The van der Waals surface area contributed by atoms with E-state index in [2.05, 4.69) is 27.5 Å². The van der Waals surface area contributed by atoms with Crippen LogP contribution in [0.3, 0.4) is 0 Å². The highest BCUT2D eigenvalue weighted by atomic mass is 79.9. The molecule has 3 aromatic rings. The van der Waals surface area contributed by atoms with Crippen molar-refractivity contribution in [3.8, 4) is 5.75 Å². The third-order valence-electron chi connectivity index (χ3n) is 5.08. The first kappa shape index (κ1) is 24.6. The van der Waals surface area contributed by atoms with Crippen molar-refractivity contribution in [3.05, 3.63) is 80.5 Å². The summed E-state index contributed by atoms with van der Waals surface area (Å²) in [5.41, 5.74) is 1.86. The lowest BCUT2D eigenvalue weighted by molar-refractivity contribution is 0.0519. The van der Waals surface area contributed by atoms with Gasteiger partial charge in [0.1, 0.15) is 11.3 Å². The van der Waals surface area contributed by atoms with Crippen LogP contribution >= 0.6 is 15.9 Å². The molecule has 174 valence electrons. The second kappa shape index (κ2) is 11.2. The van der Waals surface area contributed by atoms with Crippen LogP contribution in [0.25, 0.3) is 11.0 Å². The van der Waals surface area contributed by atoms with Crippen molar-refractivity contribution in [2.24, 2.45) is 0 Å². The number of unbranched alkanes of at least 4 members (excludes halogenated alkanes) is 1. The van der Waals surface area contributed by atoms with Crippen molar-refractivity contribution in [1.82, 2.24) is 9.55 Å². The summed E-state index contributed by atoms with van der Waals surface area (Å²) in [6.07, 6.45) is 5.35. The third-order valence-corrected chi connectivity index (χ3v) is 5.96. The highest BCUT2D eigenvalue weighted by Gasteiger charge is 2.27. The van der Waals surface area contributed by atoms with Crippen LogP contribution in [0.2, 0.25) is 0 Å². The maximum Gasteiger partial charge on any atom is 0.347 e. The van der Waals surface area contributed by atoms with E-state index in [0.717, 1.165) is 24.0 Å². The minimum absolute atomic E-state index is 0.122. The first-order chi connectivity index (χ1) is 15.9. The average molecular weight is 517 g/mol. The molecule has 0 spiro atoms. The summed E-state index contributed by atoms with van der Waals surface area (Å²) >= 11 is 3.64. The van der Waals surface area contributed by atoms with Crippen LogP contribution in [0, 0.1) is 5.82 Å². The maximum absolute atomic E-state index is 13.4. The molecular weight excluding hydrogens is 491 g/mol. The zero-order valence-electron chi connectivity index (χ0n) is 18.7. The Bertz CT molecular complexity index is 1220. The van der Waals surface area contributed by atoms with Crippen LogP contribution in [-0.4, -0.2) is 28.7 Å². The van der Waals surface area contributed by atoms with Crippen molar-refractivity contribution >= 4 is 32.9 Å². The summed E-state index contributed by atoms with van der Waals surface area (Å²) < 4.78 is 26.5. The first-order valence-corrected chi connectivity index (χ1v) is 11.6. The first-order valence-electron chi connectivity index (χ1n) is 10.8. The van der Waals surface area contributed by atoms with Gasteiger partial charge >= 0.3 is 5.97 Å². The highest BCUT2D eigenvalue weighted by Crippen LogP contribution is 2.34. The molecule has 0 saturated carbocycles. The minimum atomic E-state index is -0.748. The fourth-order valence-electron chi connectivity index (χ4n) is 3.47. The number of carbonyl (C=O) groups excluding carboxylic acids is 1. The second-order valence-corrected chi connectivity index (χ2v) is 8.22. The second-order valence-electron chi connectivity index (χ2n) is 7.43. The van der Waals surface area contributed by atoms with Gasteiger partial charge in [0.15, 0.2) is 11.3 Å². The molecule has 0 aliphatic rings. The molecule has 6 nitrogen and oxygen atoms in total. The number of carbonyl (C=O) groups is 1. The van der Waals surface area contributed by atoms with Gasteiger partial charge in [-0.25, -0.2) is 9.18 Å². The number of aromatic nitrogens is 2. The number of hydrogen-bond acceptors (Lipinski definition) is 5. The fraction of sp³-hybridized carbons (Fsp3) is 0.320. The standard InChI is InChI=1S/C25H26BrFN2O4/c1-4-7-13-33-23-19(25(31)32-6-3)24(30)29(12-5-2)22-20(26)17(15-28-21(22)23)14-16-8-10-18(27)11-9-16/h5,8-11,15H,2,4,6-7,12-14H2,1,3H3. The summed E-state index contributed by atoms with van der Waals surface area (Å²) in [6.45, 7) is 8.07. The van der Waals surface area contributed by atoms with Gasteiger partial charge in [-0.15, -0.1) is 6.58 Å². The van der Waals surface area contributed by atoms with Crippen LogP contribution in [0.5, 0.6) is 5.75 Å². The number of allylic oxidation sites excluding steroid dienone is 1. The number of hydrogen-bond donors (Lipinski definition) is 0. The van der Waals surface area contributed by atoms with E-state index in [-0.39, 0.29) is 30.3 Å². The van der Waals surface area contributed by atoms with Crippen molar-refractivity contribution in [2.75, 3.05) is 13.2 Å². The van der Waals surface area contributed by atoms with Gasteiger partial charge in [0.05, 0.1) is 18.7 Å². The molecule has 0 fully saturated rings. The molecule has 0 aliphatic carbocycles. The van der Waals surface area contributed by atoms with Gasteiger partial charge < -0.3 is 14.0 Å². The molecule has 0 saturated heterocycles. The summed E-state index contributed by atoms with van der Waals surface area (Å²) in [7, 11) is 0. The molecule has 3 rings (SSSR count). The van der Waals surface area contributed by atoms with Crippen LogP contribution < -0.4 is 10.3 Å². The van der Waals surface area contributed by atoms with E-state index in [1.54, 1.807) is 31.3 Å². The zero-order chi connectivity index (χ0) is 24.0. The number of fused-ring (bicyclic) bond motifs is 1. The average Bonchev–Trinajstić information content (AvgIpc) is 2.79. The number of rotatable bonds is 10. The summed E-state index contributed by atoms with van der Waals surface area (Å²) in [5.74, 6) is -0.937. The number of pyridine rings is 2. The lowest BCUT2D eigenvalue weighted by Gasteiger charge is -2.18. The largest absolute Gasteiger partial charge is 0.490 e. The number of ether oxygens (including phenoxy) is 2. The number of esters is 1. The monoisotopic (exact) mass is 516 g/mol. The van der Waals surface area contributed by atoms with E-state index < -0.39 is 11.5 Å². The van der Waals surface area contributed by atoms with E-state index in [9.17, 15) is 14.0 Å². The van der Waals surface area contributed by atoms with Gasteiger partial charge in [0.2, 0.25) is 0 Å². The zero-order valence-corrected chi connectivity index (χ0v) is 20.3. The molecule has 2 aromatic heterocycles. The van der Waals surface area contributed by atoms with Crippen LogP contribution in [0.4, 0.5) is 4.39 Å². The van der Waals surface area contributed by atoms with Crippen LogP contribution in [-0.2, 0) is 17.7 Å². The quantitative estimate of drug-likeness (QED) is 0.204. The predicted molar refractivity (Wildman–Crippen MR) is 129 cm³/mol. The van der Waals surface area contributed by atoms with Gasteiger partial charge in [0, 0.05) is 23.6 Å². The predicted octanol–water partition coefficient (Wildman–Crippen LogP) is 5.43. The summed E-state index contributed by atoms with van der Waals surface area (Å²) in [4.78, 5) is 30.8. The van der Waals surface area contributed by atoms with Gasteiger partial charge in [-0.2, -0.15) is 0 Å². The van der Waals surface area contributed by atoms with Gasteiger partial charge in [0.25, 0.3) is 5.56 Å². The van der Waals surface area contributed by atoms with Crippen molar-refractivity contribution in [3.63, 3.8) is 0 Å². The van der Waals surface area contributed by atoms with E-state index in [1.807, 2.05) is 6.92 Å². The molecule has 0 atom stereocenters. The molecule has 0 radical (unpaired) electrons. The van der Waals surface area contributed by atoms with Crippen molar-refractivity contribution in [1.29, 1.82) is 0 Å². The Kier molecular flexibility index (Phi) is 8.38. The van der Waals surface area contributed by atoms with E-state index >= 15 is 0 Å². The molecule has 2 heterocycles. The van der Waals surface area contributed by atoms with Crippen LogP contribution in [0.15, 0.2) is 52.4 Å². The lowest BCUT2D eigenvalue weighted by atomic mass is 10.1. The maximum atomic E-state index is 13.4. The van der Waals surface area contributed by atoms with Crippen molar-refractivity contribution < 1.29 is 18.7 Å². The minimum Gasteiger partial charge on any atom is -0.490 e. The fourth-order valence-corrected chi connectivity index (χ4v) is 4.12. The number of nitrogens with zero attached hydrogens (tertiary/aromatic N) is 2. The molecular formula is C25H26BrFN2O4. The normalized spacial score (nSPS) is 10.9. The molecule has 8 heteroatoms. The van der Waals surface area contributed by atoms with E-state index in [4.69, 9.17) is 9.47 Å². The summed E-state index contributed by atoms with van der Waals surface area (Å²) in [6, 6.07) is 6.20. The SMILES string of the molecule is C=CCn1c(=O)c(C(=O)OCC)c(OCCCC)c2ncc(Cc3ccc(F)cc3)c(Br)c21. The van der Waals surface area contributed by atoms with Crippen LogP contribution in [0.1, 0.15) is 48.2 Å². The Morgan fingerprint density at radius 3 is 2.64 bits per heavy atom. The van der Waals surface area contributed by atoms with Crippen molar-refractivity contribution in [2.45, 2.75) is 39.7 Å². The number of halogens is 2. The lowest BCUT2D eigenvalue weighted by Crippen LogP contribution is -2.29. The molecule has 0 amide bonds. The van der Waals surface area contributed by atoms with E-state index in [1.165, 1.54) is 16.7 Å². The Morgan fingerprint density at radius 1 is 1.27 bits per heavy atom.